The van der Waals surface area contributed by atoms with Gasteiger partial charge in [0.15, 0.2) is 11.8 Å². The minimum Gasteiger partial charge on any atom is -0.444 e. The smallest absolute Gasteiger partial charge is 0.410 e. The van der Waals surface area contributed by atoms with Gasteiger partial charge in [0, 0.05) is 34.1 Å². The van der Waals surface area contributed by atoms with Crippen molar-refractivity contribution in [3.8, 4) is 0 Å². The van der Waals surface area contributed by atoms with Crippen LogP contribution in [0.4, 0.5) is 4.79 Å². The number of nitrogens with zero attached hydrogens (tertiary/aromatic N) is 4. The first kappa shape index (κ1) is 22.2. The van der Waals surface area contributed by atoms with Crippen LogP contribution >= 0.6 is 0 Å². The molecule has 0 bridgehead atoms. The number of carbonyl (C=O) groups is 1. The van der Waals surface area contributed by atoms with Gasteiger partial charge < -0.3 is 24.8 Å². The van der Waals surface area contributed by atoms with E-state index in [1.807, 2.05) is 45.0 Å². The molecule has 0 atom stereocenters. The van der Waals surface area contributed by atoms with E-state index in [4.69, 9.17) is 9.26 Å². The average molecular weight is 402 g/mol. The Morgan fingerprint density at radius 2 is 1.79 bits per heavy atom. The molecule has 2 aromatic rings. The SMILES string of the molecule is CN=C(NCc1ccc(CN(C)C(=O)OC(C)(C)C)cc1)NCc1noc(C)n1. The highest BCUT2D eigenvalue weighted by atomic mass is 16.6. The maximum absolute atomic E-state index is 12.1. The normalized spacial score (nSPS) is 11.9. The highest BCUT2D eigenvalue weighted by Gasteiger charge is 2.19. The van der Waals surface area contributed by atoms with Crippen LogP contribution in [0.15, 0.2) is 33.8 Å². The number of nitrogens with one attached hydrogen (secondary N) is 2. The summed E-state index contributed by atoms with van der Waals surface area (Å²) in [6.45, 7) is 8.82. The Morgan fingerprint density at radius 3 is 2.34 bits per heavy atom. The topological polar surface area (TPSA) is 105 Å². The van der Waals surface area contributed by atoms with E-state index in [1.54, 1.807) is 25.9 Å². The predicted octanol–water partition coefficient (Wildman–Crippen LogP) is 2.61. The quantitative estimate of drug-likeness (QED) is 0.565. The van der Waals surface area contributed by atoms with Crippen molar-refractivity contribution in [3.63, 3.8) is 0 Å². The Morgan fingerprint density at radius 1 is 1.17 bits per heavy atom. The second-order valence-corrected chi connectivity index (χ2v) is 7.66. The Kier molecular flexibility index (Phi) is 7.58. The number of aliphatic imine (C=N–C) groups is 1. The number of carbonyl (C=O) groups excluding carboxylic acids is 1. The number of guanidine groups is 1. The van der Waals surface area contributed by atoms with E-state index in [-0.39, 0.29) is 6.09 Å². The standard InChI is InChI=1S/C20H30N6O3/c1-14-24-17(25-29-14)12-23-18(21-5)22-11-15-7-9-16(10-8-15)13-26(6)19(27)28-20(2,3)4/h7-10H,11-13H2,1-6H3,(H2,21,22,23). The van der Waals surface area contributed by atoms with E-state index in [1.165, 1.54) is 0 Å². The van der Waals surface area contributed by atoms with Gasteiger partial charge in [0.05, 0.1) is 6.54 Å². The highest BCUT2D eigenvalue weighted by Crippen LogP contribution is 2.12. The van der Waals surface area contributed by atoms with Gasteiger partial charge in [0.1, 0.15) is 5.60 Å². The molecule has 0 aliphatic heterocycles. The lowest BCUT2D eigenvalue weighted by Gasteiger charge is -2.24. The van der Waals surface area contributed by atoms with Gasteiger partial charge in [-0.15, -0.1) is 0 Å². The van der Waals surface area contributed by atoms with Gasteiger partial charge in [-0.1, -0.05) is 29.4 Å². The Bertz CT molecular complexity index is 823. The average Bonchev–Trinajstić information content (AvgIpc) is 3.07. The molecule has 0 aliphatic carbocycles. The molecule has 1 aromatic heterocycles. The molecule has 0 unspecified atom stereocenters. The van der Waals surface area contributed by atoms with Crippen LogP contribution in [-0.2, 0) is 24.4 Å². The summed E-state index contributed by atoms with van der Waals surface area (Å²) in [5.74, 6) is 1.74. The van der Waals surface area contributed by atoms with Gasteiger partial charge in [-0.3, -0.25) is 4.99 Å². The van der Waals surface area contributed by atoms with Crippen LogP contribution in [0, 0.1) is 6.92 Å². The number of hydrogen-bond donors (Lipinski definition) is 2. The second kappa shape index (κ2) is 9.90. The fourth-order valence-electron chi connectivity index (χ4n) is 2.42. The van der Waals surface area contributed by atoms with Crippen molar-refractivity contribution in [2.75, 3.05) is 14.1 Å². The van der Waals surface area contributed by atoms with Crippen LogP contribution in [-0.4, -0.2) is 46.8 Å². The van der Waals surface area contributed by atoms with E-state index in [2.05, 4.69) is 25.8 Å². The summed E-state index contributed by atoms with van der Waals surface area (Å²) in [5, 5.41) is 10.2. The minimum absolute atomic E-state index is 0.338. The molecule has 0 saturated heterocycles. The van der Waals surface area contributed by atoms with Crippen LogP contribution in [0.3, 0.4) is 0 Å². The second-order valence-electron chi connectivity index (χ2n) is 7.66. The van der Waals surface area contributed by atoms with Crippen LogP contribution in [0.5, 0.6) is 0 Å². The molecule has 2 N–H and O–H groups in total. The first-order chi connectivity index (χ1) is 13.7. The lowest BCUT2D eigenvalue weighted by molar-refractivity contribution is 0.0285. The molecule has 0 aliphatic rings. The lowest BCUT2D eigenvalue weighted by atomic mass is 10.1. The minimum atomic E-state index is -0.504. The van der Waals surface area contributed by atoms with Crippen molar-refractivity contribution in [1.29, 1.82) is 0 Å². The fraction of sp³-hybridized carbons (Fsp3) is 0.500. The Hall–Kier alpha value is -3.10. The summed E-state index contributed by atoms with van der Waals surface area (Å²) in [4.78, 5) is 21.9. The van der Waals surface area contributed by atoms with Crippen molar-refractivity contribution in [1.82, 2.24) is 25.7 Å². The molecular formula is C20H30N6O3. The summed E-state index contributed by atoms with van der Waals surface area (Å²) < 4.78 is 10.3. The molecule has 1 aromatic carbocycles. The summed E-state index contributed by atoms with van der Waals surface area (Å²) in [6.07, 6.45) is -0.338. The third-order valence-corrected chi connectivity index (χ3v) is 3.82. The van der Waals surface area contributed by atoms with Crippen LogP contribution in [0.25, 0.3) is 0 Å². The summed E-state index contributed by atoms with van der Waals surface area (Å²) in [6, 6.07) is 8.02. The highest BCUT2D eigenvalue weighted by molar-refractivity contribution is 5.79. The first-order valence-electron chi connectivity index (χ1n) is 9.42. The first-order valence-corrected chi connectivity index (χ1v) is 9.42. The fourth-order valence-corrected chi connectivity index (χ4v) is 2.42. The number of hydrogen-bond acceptors (Lipinski definition) is 6. The molecule has 1 heterocycles. The van der Waals surface area contributed by atoms with E-state index in [0.717, 1.165) is 11.1 Å². The van der Waals surface area contributed by atoms with Crippen molar-refractivity contribution < 1.29 is 14.1 Å². The number of amides is 1. The Balaban J connectivity index is 1.81. The van der Waals surface area contributed by atoms with Crippen molar-refractivity contribution in [2.45, 2.75) is 52.9 Å². The van der Waals surface area contributed by atoms with E-state index in [0.29, 0.717) is 37.3 Å². The van der Waals surface area contributed by atoms with E-state index < -0.39 is 5.60 Å². The molecule has 0 fully saturated rings. The van der Waals surface area contributed by atoms with Crippen LogP contribution in [0.1, 0.15) is 43.6 Å². The van der Waals surface area contributed by atoms with Crippen LogP contribution < -0.4 is 10.6 Å². The molecule has 29 heavy (non-hydrogen) atoms. The summed E-state index contributed by atoms with van der Waals surface area (Å²) in [5.41, 5.74) is 1.61. The Labute approximate surface area is 171 Å². The monoisotopic (exact) mass is 402 g/mol. The molecular weight excluding hydrogens is 372 g/mol. The molecule has 0 spiro atoms. The van der Waals surface area contributed by atoms with Crippen LogP contribution in [0.2, 0.25) is 0 Å². The molecule has 2 rings (SSSR count). The van der Waals surface area contributed by atoms with Gasteiger partial charge in [-0.2, -0.15) is 4.98 Å². The summed E-state index contributed by atoms with van der Waals surface area (Å²) in [7, 11) is 3.43. The van der Waals surface area contributed by atoms with Crippen molar-refractivity contribution in [2.24, 2.45) is 4.99 Å². The third kappa shape index (κ3) is 7.81. The van der Waals surface area contributed by atoms with E-state index >= 15 is 0 Å². The molecule has 9 nitrogen and oxygen atoms in total. The van der Waals surface area contributed by atoms with E-state index in [9.17, 15) is 4.79 Å². The third-order valence-electron chi connectivity index (χ3n) is 3.82. The summed E-state index contributed by atoms with van der Waals surface area (Å²) >= 11 is 0. The van der Waals surface area contributed by atoms with Gasteiger partial charge in [0.2, 0.25) is 5.89 Å². The van der Waals surface area contributed by atoms with Gasteiger partial charge in [-0.05, 0) is 31.9 Å². The molecule has 158 valence electrons. The number of rotatable bonds is 6. The number of benzene rings is 1. The maximum Gasteiger partial charge on any atom is 0.410 e. The maximum atomic E-state index is 12.1. The molecule has 0 radical (unpaired) electrons. The van der Waals surface area contributed by atoms with Crippen molar-refractivity contribution >= 4 is 12.1 Å². The number of aryl methyl sites for hydroxylation is 1. The van der Waals surface area contributed by atoms with Crippen molar-refractivity contribution in [3.05, 3.63) is 47.1 Å². The molecule has 0 saturated carbocycles. The zero-order valence-electron chi connectivity index (χ0n) is 17.9. The molecule has 9 heteroatoms. The number of ether oxygens (including phenoxy) is 1. The zero-order valence-corrected chi connectivity index (χ0v) is 17.9. The van der Waals surface area contributed by atoms with Gasteiger partial charge >= 0.3 is 6.09 Å². The number of aromatic nitrogens is 2. The largest absolute Gasteiger partial charge is 0.444 e. The zero-order chi connectivity index (χ0) is 21.4. The molecule has 1 amide bonds. The van der Waals surface area contributed by atoms with Gasteiger partial charge in [0.25, 0.3) is 0 Å². The lowest BCUT2D eigenvalue weighted by Crippen LogP contribution is -2.36. The van der Waals surface area contributed by atoms with Gasteiger partial charge in [-0.25, -0.2) is 4.79 Å². The predicted molar refractivity (Wildman–Crippen MR) is 110 cm³/mol.